The topological polar surface area (TPSA) is 95.9 Å². The van der Waals surface area contributed by atoms with Gasteiger partial charge in [0.15, 0.2) is 6.10 Å². The number of rotatable bonds is 5. The smallest absolute Gasteiger partial charge is 0.325 e. The quantitative estimate of drug-likeness (QED) is 0.765. The second-order valence-corrected chi connectivity index (χ2v) is 7.32. The van der Waals surface area contributed by atoms with E-state index in [-0.39, 0.29) is 12.5 Å². The zero-order valence-electron chi connectivity index (χ0n) is 15.4. The standard InChI is InChI=1S/C19H26N2O5/c1-19(2,3)26-15(22)12-20-17(24)16(23)14-10-7-11-21(14)18(25)13-8-5-4-6-9-13/h4-6,8-9,14,16,23H,7,10-12H2,1-3H3,(H,20,24)/t14-,16?/m0/s1. The van der Waals surface area contributed by atoms with Gasteiger partial charge in [0.2, 0.25) is 0 Å². The highest BCUT2D eigenvalue weighted by atomic mass is 16.6. The molecule has 0 saturated carbocycles. The Balaban J connectivity index is 1.94. The van der Waals surface area contributed by atoms with Crippen molar-refractivity contribution in [3.8, 4) is 0 Å². The van der Waals surface area contributed by atoms with E-state index >= 15 is 0 Å². The van der Waals surface area contributed by atoms with Gasteiger partial charge in [0.05, 0.1) is 6.04 Å². The molecule has 0 bridgehead atoms. The molecule has 1 saturated heterocycles. The second kappa shape index (κ2) is 8.31. The van der Waals surface area contributed by atoms with Crippen molar-refractivity contribution in [1.82, 2.24) is 10.2 Å². The zero-order chi connectivity index (χ0) is 19.3. The highest BCUT2D eigenvalue weighted by Gasteiger charge is 2.37. The number of hydrogen-bond acceptors (Lipinski definition) is 5. The van der Waals surface area contributed by atoms with Gasteiger partial charge >= 0.3 is 5.97 Å². The minimum atomic E-state index is -1.40. The van der Waals surface area contributed by atoms with Crippen LogP contribution in [0.5, 0.6) is 0 Å². The molecule has 2 rings (SSSR count). The fraction of sp³-hybridized carbons (Fsp3) is 0.526. The van der Waals surface area contributed by atoms with Gasteiger partial charge in [0.25, 0.3) is 11.8 Å². The number of likely N-dealkylation sites (tertiary alicyclic amines) is 1. The number of nitrogens with one attached hydrogen (secondary N) is 1. The van der Waals surface area contributed by atoms with Crippen molar-refractivity contribution >= 4 is 17.8 Å². The van der Waals surface area contributed by atoms with Crippen LogP contribution in [-0.2, 0) is 14.3 Å². The third-order valence-electron chi connectivity index (χ3n) is 4.04. The van der Waals surface area contributed by atoms with Crippen LogP contribution in [0.15, 0.2) is 30.3 Å². The van der Waals surface area contributed by atoms with Crippen LogP contribution in [0, 0.1) is 0 Å². The van der Waals surface area contributed by atoms with Crippen molar-refractivity contribution in [2.45, 2.75) is 51.4 Å². The summed E-state index contributed by atoms with van der Waals surface area (Å²) in [6.45, 7) is 5.34. The predicted molar refractivity (Wildman–Crippen MR) is 95.4 cm³/mol. The van der Waals surface area contributed by atoms with E-state index in [0.717, 1.165) is 0 Å². The molecule has 0 radical (unpaired) electrons. The normalized spacial score (nSPS) is 18.3. The van der Waals surface area contributed by atoms with E-state index in [1.807, 2.05) is 6.07 Å². The second-order valence-electron chi connectivity index (χ2n) is 7.32. The van der Waals surface area contributed by atoms with Gasteiger partial charge in [0.1, 0.15) is 12.1 Å². The van der Waals surface area contributed by atoms with Crippen LogP contribution in [0.3, 0.4) is 0 Å². The van der Waals surface area contributed by atoms with E-state index < -0.39 is 29.6 Å². The van der Waals surface area contributed by atoms with E-state index in [2.05, 4.69) is 5.32 Å². The van der Waals surface area contributed by atoms with Gasteiger partial charge in [0, 0.05) is 12.1 Å². The van der Waals surface area contributed by atoms with E-state index in [4.69, 9.17) is 4.74 Å². The number of nitrogens with zero attached hydrogens (tertiary/aromatic N) is 1. The fourth-order valence-electron chi connectivity index (χ4n) is 2.94. The summed E-state index contributed by atoms with van der Waals surface area (Å²) >= 11 is 0. The molecule has 0 spiro atoms. The largest absolute Gasteiger partial charge is 0.459 e. The number of esters is 1. The molecule has 2 amide bonds. The first kappa shape index (κ1) is 19.9. The molecule has 1 aliphatic rings. The van der Waals surface area contributed by atoms with Crippen molar-refractivity contribution in [2.75, 3.05) is 13.1 Å². The third-order valence-corrected chi connectivity index (χ3v) is 4.04. The monoisotopic (exact) mass is 362 g/mol. The SMILES string of the molecule is CC(C)(C)OC(=O)CNC(=O)C(O)[C@@H]1CCCN1C(=O)c1ccccc1. The summed E-state index contributed by atoms with van der Waals surface area (Å²) in [4.78, 5) is 38.0. The molecule has 1 unspecified atom stereocenters. The Morgan fingerprint density at radius 3 is 2.54 bits per heavy atom. The van der Waals surface area contributed by atoms with Gasteiger partial charge in [-0.15, -0.1) is 0 Å². The Hall–Kier alpha value is -2.41. The van der Waals surface area contributed by atoms with Crippen LogP contribution in [0.25, 0.3) is 0 Å². The Morgan fingerprint density at radius 2 is 1.92 bits per heavy atom. The fourth-order valence-corrected chi connectivity index (χ4v) is 2.94. The molecular weight excluding hydrogens is 336 g/mol. The maximum Gasteiger partial charge on any atom is 0.325 e. The van der Waals surface area contributed by atoms with Crippen molar-refractivity contribution in [3.63, 3.8) is 0 Å². The molecule has 1 aliphatic heterocycles. The van der Waals surface area contributed by atoms with Crippen LogP contribution < -0.4 is 5.32 Å². The van der Waals surface area contributed by atoms with Crippen molar-refractivity contribution in [3.05, 3.63) is 35.9 Å². The molecule has 1 aromatic rings. The van der Waals surface area contributed by atoms with E-state index in [9.17, 15) is 19.5 Å². The number of benzene rings is 1. The minimum absolute atomic E-state index is 0.216. The lowest BCUT2D eigenvalue weighted by Gasteiger charge is -2.28. The van der Waals surface area contributed by atoms with E-state index in [1.54, 1.807) is 45.0 Å². The lowest BCUT2D eigenvalue weighted by molar-refractivity contribution is -0.155. The number of ether oxygens (including phenoxy) is 1. The Bertz CT molecular complexity index is 654. The van der Waals surface area contributed by atoms with Crippen LogP contribution in [0.4, 0.5) is 0 Å². The zero-order valence-corrected chi connectivity index (χ0v) is 15.4. The molecular formula is C19H26N2O5. The first-order chi connectivity index (χ1) is 12.2. The van der Waals surface area contributed by atoms with Crippen molar-refractivity contribution in [2.24, 2.45) is 0 Å². The summed E-state index contributed by atoms with van der Waals surface area (Å²) in [5, 5.41) is 12.8. The van der Waals surface area contributed by atoms with Crippen LogP contribution >= 0.6 is 0 Å². The average molecular weight is 362 g/mol. The Morgan fingerprint density at radius 1 is 1.27 bits per heavy atom. The average Bonchev–Trinajstić information content (AvgIpc) is 3.07. The van der Waals surface area contributed by atoms with E-state index in [1.165, 1.54) is 4.90 Å². The number of aliphatic hydroxyl groups is 1. The molecule has 2 atom stereocenters. The molecule has 7 heteroatoms. The van der Waals surface area contributed by atoms with Gasteiger partial charge in [-0.25, -0.2) is 0 Å². The first-order valence-corrected chi connectivity index (χ1v) is 8.72. The van der Waals surface area contributed by atoms with Crippen molar-refractivity contribution in [1.29, 1.82) is 0 Å². The number of carbonyl (C=O) groups excluding carboxylic acids is 3. The molecule has 142 valence electrons. The predicted octanol–water partition coefficient (Wildman–Crippen LogP) is 1.11. The summed E-state index contributed by atoms with van der Waals surface area (Å²) in [6.07, 6.45) is -0.160. The van der Waals surface area contributed by atoms with Crippen LogP contribution in [-0.4, -0.2) is 58.6 Å². The molecule has 1 fully saturated rings. The third kappa shape index (κ3) is 5.29. The molecule has 1 heterocycles. The number of hydrogen-bond donors (Lipinski definition) is 2. The van der Waals surface area contributed by atoms with Crippen LogP contribution in [0.2, 0.25) is 0 Å². The summed E-state index contributed by atoms with van der Waals surface area (Å²) in [7, 11) is 0. The Kier molecular flexibility index (Phi) is 6.37. The highest BCUT2D eigenvalue weighted by molar-refractivity contribution is 5.95. The van der Waals surface area contributed by atoms with Gasteiger partial charge in [-0.1, -0.05) is 18.2 Å². The minimum Gasteiger partial charge on any atom is -0.459 e. The molecule has 7 nitrogen and oxygen atoms in total. The molecule has 2 N–H and O–H groups in total. The van der Waals surface area contributed by atoms with Crippen molar-refractivity contribution < 1.29 is 24.2 Å². The summed E-state index contributed by atoms with van der Waals surface area (Å²) in [6, 6.07) is 8.14. The van der Waals surface area contributed by atoms with Gasteiger partial charge in [-0.2, -0.15) is 0 Å². The van der Waals surface area contributed by atoms with Crippen LogP contribution in [0.1, 0.15) is 44.0 Å². The lowest BCUT2D eigenvalue weighted by atomic mass is 10.1. The maximum absolute atomic E-state index is 12.6. The summed E-state index contributed by atoms with van der Waals surface area (Å²) in [5.41, 5.74) is -0.133. The molecule has 26 heavy (non-hydrogen) atoms. The van der Waals surface area contributed by atoms with Gasteiger partial charge in [-0.3, -0.25) is 14.4 Å². The maximum atomic E-state index is 12.6. The number of amides is 2. The number of carbonyl (C=O) groups is 3. The molecule has 0 aromatic heterocycles. The first-order valence-electron chi connectivity index (χ1n) is 8.72. The Labute approximate surface area is 153 Å². The van der Waals surface area contributed by atoms with Gasteiger partial charge in [-0.05, 0) is 45.7 Å². The summed E-state index contributed by atoms with van der Waals surface area (Å²) in [5.74, 6) is -1.48. The van der Waals surface area contributed by atoms with E-state index in [0.29, 0.717) is 24.9 Å². The highest BCUT2D eigenvalue weighted by Crippen LogP contribution is 2.23. The lowest BCUT2D eigenvalue weighted by Crippen LogP contribution is -2.50. The molecule has 1 aromatic carbocycles. The number of aliphatic hydroxyl groups excluding tert-OH is 1. The molecule has 0 aliphatic carbocycles. The van der Waals surface area contributed by atoms with Gasteiger partial charge < -0.3 is 20.1 Å². The summed E-state index contributed by atoms with van der Waals surface area (Å²) < 4.78 is 5.11.